The largest absolute Gasteiger partial charge is 0.481 e. The van der Waals surface area contributed by atoms with Crippen LogP contribution in [0.25, 0.3) is 10.9 Å². The number of carboxylic acids is 1. The zero-order valence-corrected chi connectivity index (χ0v) is 12.1. The molecule has 0 bridgehead atoms. The number of nitrogens with two attached hydrogens (primary N) is 1. The maximum absolute atomic E-state index is 12.4. The van der Waals surface area contributed by atoms with Crippen molar-refractivity contribution in [1.29, 1.82) is 0 Å². The Morgan fingerprint density at radius 1 is 1.36 bits per heavy atom. The average Bonchev–Trinajstić information content (AvgIpc) is 2.49. The second kappa shape index (κ2) is 6.40. The summed E-state index contributed by atoms with van der Waals surface area (Å²) in [5, 5.41) is 11.4. The number of carboxylic acid groups (broad SMARTS) is 1. The second-order valence-corrected chi connectivity index (χ2v) is 4.94. The van der Waals surface area contributed by atoms with Crippen molar-refractivity contribution in [3.8, 4) is 0 Å². The SMILES string of the molecule is Cn1cc(C(=O)NCCC(=O)O)c(=O)c2ccc(CN)cc21. The maximum atomic E-state index is 12.4. The molecule has 7 nitrogen and oxygen atoms in total. The Morgan fingerprint density at radius 3 is 2.73 bits per heavy atom. The lowest BCUT2D eigenvalue weighted by atomic mass is 10.1. The Labute approximate surface area is 126 Å². The number of carbonyl (C=O) groups is 2. The van der Waals surface area contributed by atoms with Crippen molar-refractivity contribution in [2.75, 3.05) is 6.54 Å². The van der Waals surface area contributed by atoms with Crippen molar-refractivity contribution < 1.29 is 14.7 Å². The molecule has 22 heavy (non-hydrogen) atoms. The molecular weight excluding hydrogens is 286 g/mol. The van der Waals surface area contributed by atoms with Crippen molar-refractivity contribution in [3.63, 3.8) is 0 Å². The molecule has 0 aliphatic heterocycles. The van der Waals surface area contributed by atoms with E-state index in [0.717, 1.165) is 5.56 Å². The number of nitrogens with zero attached hydrogens (tertiary/aromatic N) is 1. The van der Waals surface area contributed by atoms with Gasteiger partial charge in [0.15, 0.2) is 0 Å². The summed E-state index contributed by atoms with van der Waals surface area (Å²) < 4.78 is 1.68. The first kappa shape index (κ1) is 15.7. The smallest absolute Gasteiger partial charge is 0.305 e. The van der Waals surface area contributed by atoms with E-state index in [1.54, 1.807) is 23.7 Å². The molecule has 2 rings (SSSR count). The summed E-state index contributed by atoms with van der Waals surface area (Å²) in [5.41, 5.74) is 6.77. The molecule has 0 radical (unpaired) electrons. The molecule has 1 amide bonds. The summed E-state index contributed by atoms with van der Waals surface area (Å²) in [5.74, 6) is -1.59. The second-order valence-electron chi connectivity index (χ2n) is 4.94. The number of pyridine rings is 1. The fourth-order valence-electron chi connectivity index (χ4n) is 2.19. The van der Waals surface area contributed by atoms with E-state index in [4.69, 9.17) is 10.8 Å². The highest BCUT2D eigenvalue weighted by molar-refractivity contribution is 5.97. The van der Waals surface area contributed by atoms with Gasteiger partial charge in [-0.3, -0.25) is 14.4 Å². The first-order valence-electron chi connectivity index (χ1n) is 6.76. The molecule has 0 saturated carbocycles. The summed E-state index contributed by atoms with van der Waals surface area (Å²) in [6, 6.07) is 5.20. The van der Waals surface area contributed by atoms with Crippen molar-refractivity contribution >= 4 is 22.8 Å². The highest BCUT2D eigenvalue weighted by Crippen LogP contribution is 2.13. The summed E-state index contributed by atoms with van der Waals surface area (Å²) in [6.07, 6.45) is 1.25. The number of hydrogen-bond donors (Lipinski definition) is 3. The predicted molar refractivity (Wildman–Crippen MR) is 81.7 cm³/mol. The Kier molecular flexibility index (Phi) is 4.57. The Morgan fingerprint density at radius 2 is 2.09 bits per heavy atom. The topological polar surface area (TPSA) is 114 Å². The standard InChI is InChI=1S/C15H17N3O4/c1-18-8-11(15(22)17-5-4-13(19)20)14(21)10-3-2-9(7-16)6-12(10)18/h2-3,6,8H,4-5,7,16H2,1H3,(H,17,22)(H,19,20). The molecule has 0 saturated heterocycles. The number of nitrogens with one attached hydrogen (secondary N) is 1. The third-order valence-corrected chi connectivity index (χ3v) is 3.36. The summed E-state index contributed by atoms with van der Waals surface area (Å²) in [4.78, 5) is 34.9. The molecule has 2 aromatic rings. The molecule has 0 spiro atoms. The number of aromatic nitrogens is 1. The Bertz CT molecular complexity index is 795. The zero-order valence-electron chi connectivity index (χ0n) is 12.1. The van der Waals surface area contributed by atoms with Gasteiger partial charge in [-0.05, 0) is 17.7 Å². The van der Waals surface area contributed by atoms with Crippen LogP contribution in [0, 0.1) is 0 Å². The lowest BCUT2D eigenvalue weighted by Crippen LogP contribution is -2.31. The molecule has 116 valence electrons. The maximum Gasteiger partial charge on any atom is 0.305 e. The third-order valence-electron chi connectivity index (χ3n) is 3.36. The number of rotatable bonds is 5. The number of benzene rings is 1. The van der Waals surface area contributed by atoms with Crippen molar-refractivity contribution in [2.24, 2.45) is 12.8 Å². The van der Waals surface area contributed by atoms with Gasteiger partial charge < -0.3 is 20.7 Å². The van der Waals surface area contributed by atoms with Crippen LogP contribution in [0.5, 0.6) is 0 Å². The molecular formula is C15H17N3O4. The van der Waals surface area contributed by atoms with Gasteiger partial charge in [0.1, 0.15) is 5.56 Å². The number of hydrogen-bond acceptors (Lipinski definition) is 4. The van der Waals surface area contributed by atoms with Gasteiger partial charge in [-0.15, -0.1) is 0 Å². The highest BCUT2D eigenvalue weighted by Gasteiger charge is 2.14. The number of amides is 1. The van der Waals surface area contributed by atoms with Gasteiger partial charge in [-0.1, -0.05) is 6.07 Å². The van der Waals surface area contributed by atoms with Gasteiger partial charge in [0.05, 0.1) is 11.9 Å². The fraction of sp³-hybridized carbons (Fsp3) is 0.267. The molecule has 1 aromatic carbocycles. The minimum absolute atomic E-state index is 0.0131. The van der Waals surface area contributed by atoms with Gasteiger partial charge in [0, 0.05) is 31.7 Å². The van der Waals surface area contributed by atoms with E-state index in [0.29, 0.717) is 17.4 Å². The van der Waals surface area contributed by atoms with Crippen molar-refractivity contribution in [2.45, 2.75) is 13.0 Å². The Balaban J connectivity index is 2.40. The minimum Gasteiger partial charge on any atom is -0.481 e. The van der Waals surface area contributed by atoms with Crippen LogP contribution in [0.1, 0.15) is 22.3 Å². The van der Waals surface area contributed by atoms with E-state index in [-0.39, 0.29) is 24.0 Å². The summed E-state index contributed by atoms with van der Waals surface area (Å²) in [7, 11) is 1.73. The van der Waals surface area contributed by atoms with Gasteiger partial charge in [0.25, 0.3) is 5.91 Å². The quantitative estimate of drug-likeness (QED) is 0.730. The fourth-order valence-corrected chi connectivity index (χ4v) is 2.19. The summed E-state index contributed by atoms with van der Waals surface area (Å²) in [6.45, 7) is 0.336. The van der Waals surface area contributed by atoms with E-state index in [1.165, 1.54) is 6.20 Å². The molecule has 0 aliphatic rings. The van der Waals surface area contributed by atoms with Gasteiger partial charge in [-0.25, -0.2) is 0 Å². The molecule has 4 N–H and O–H groups in total. The van der Waals surface area contributed by atoms with Crippen LogP contribution < -0.4 is 16.5 Å². The first-order chi connectivity index (χ1) is 10.4. The van der Waals surface area contributed by atoms with Crippen LogP contribution in [-0.4, -0.2) is 28.1 Å². The van der Waals surface area contributed by atoms with Crippen LogP contribution in [0.15, 0.2) is 29.2 Å². The molecule has 0 unspecified atom stereocenters. The van der Waals surface area contributed by atoms with Crippen LogP contribution in [0.3, 0.4) is 0 Å². The average molecular weight is 303 g/mol. The minimum atomic E-state index is -1.01. The van der Waals surface area contributed by atoms with Gasteiger partial charge in [0.2, 0.25) is 5.43 Å². The number of aryl methyl sites for hydroxylation is 1. The lowest BCUT2D eigenvalue weighted by Gasteiger charge is -2.10. The number of aliphatic carboxylic acids is 1. The third kappa shape index (κ3) is 3.15. The van der Waals surface area contributed by atoms with E-state index in [9.17, 15) is 14.4 Å². The Hall–Kier alpha value is -2.67. The van der Waals surface area contributed by atoms with Crippen LogP contribution >= 0.6 is 0 Å². The molecule has 7 heteroatoms. The van der Waals surface area contributed by atoms with E-state index < -0.39 is 11.9 Å². The number of fused-ring (bicyclic) bond motifs is 1. The van der Waals surface area contributed by atoms with E-state index >= 15 is 0 Å². The van der Waals surface area contributed by atoms with E-state index in [2.05, 4.69) is 5.32 Å². The molecule has 0 aliphatic carbocycles. The van der Waals surface area contributed by atoms with Gasteiger partial charge in [-0.2, -0.15) is 0 Å². The first-order valence-corrected chi connectivity index (χ1v) is 6.76. The van der Waals surface area contributed by atoms with Crippen molar-refractivity contribution in [3.05, 3.63) is 45.7 Å². The lowest BCUT2D eigenvalue weighted by molar-refractivity contribution is -0.136. The molecule has 1 heterocycles. The summed E-state index contributed by atoms with van der Waals surface area (Å²) >= 11 is 0. The van der Waals surface area contributed by atoms with Gasteiger partial charge >= 0.3 is 5.97 Å². The van der Waals surface area contributed by atoms with Crippen molar-refractivity contribution in [1.82, 2.24) is 9.88 Å². The van der Waals surface area contributed by atoms with Crippen LogP contribution in [0.2, 0.25) is 0 Å². The highest BCUT2D eigenvalue weighted by atomic mass is 16.4. The van der Waals surface area contributed by atoms with E-state index in [1.807, 2.05) is 6.07 Å². The molecule has 0 fully saturated rings. The normalized spacial score (nSPS) is 10.6. The zero-order chi connectivity index (χ0) is 16.3. The molecule has 1 aromatic heterocycles. The molecule has 0 atom stereocenters. The van der Waals surface area contributed by atoms with Crippen LogP contribution in [-0.2, 0) is 18.4 Å². The number of carbonyl (C=O) groups excluding carboxylic acids is 1. The predicted octanol–water partition coefficient (Wildman–Crippen LogP) is 0.202. The van der Waals surface area contributed by atoms with Crippen LogP contribution in [0.4, 0.5) is 0 Å². The monoisotopic (exact) mass is 303 g/mol.